The second-order valence-electron chi connectivity index (χ2n) is 12.3. The second-order valence-corrected chi connectivity index (χ2v) is 12.3. The van der Waals surface area contributed by atoms with Crippen LogP contribution in [0.4, 0.5) is 0 Å². The zero-order valence-electron chi connectivity index (χ0n) is 24.0. The van der Waals surface area contributed by atoms with E-state index in [0.29, 0.717) is 16.7 Å². The highest BCUT2D eigenvalue weighted by Crippen LogP contribution is 2.41. The highest BCUT2D eigenvalue weighted by Gasteiger charge is 2.37. The van der Waals surface area contributed by atoms with Crippen LogP contribution in [0.5, 0.6) is 0 Å². The van der Waals surface area contributed by atoms with Crippen molar-refractivity contribution in [2.24, 2.45) is 0 Å². The fourth-order valence-corrected chi connectivity index (χ4v) is 7.86. The molecule has 0 spiro atoms. The van der Waals surface area contributed by atoms with E-state index in [9.17, 15) is 14.4 Å². The number of fused-ring (bicyclic) bond motifs is 3. The van der Waals surface area contributed by atoms with Crippen molar-refractivity contribution in [1.82, 2.24) is 0 Å². The van der Waals surface area contributed by atoms with Crippen molar-refractivity contribution in [1.29, 1.82) is 0 Å². The predicted molar refractivity (Wildman–Crippen MR) is 166 cm³/mol. The largest absolute Gasteiger partial charge is 0.293 e. The van der Waals surface area contributed by atoms with Gasteiger partial charge in [0, 0.05) is 34.4 Å². The van der Waals surface area contributed by atoms with Crippen LogP contribution in [-0.4, -0.2) is 17.3 Å². The van der Waals surface area contributed by atoms with Gasteiger partial charge in [-0.25, -0.2) is 0 Å². The molecule has 0 aliphatic heterocycles. The molecule has 3 aliphatic carbocycles. The molecule has 0 fully saturated rings. The van der Waals surface area contributed by atoms with Crippen LogP contribution < -0.4 is 0 Å². The molecule has 0 heterocycles. The Bertz CT molecular complexity index is 1610. The van der Waals surface area contributed by atoms with Gasteiger partial charge >= 0.3 is 0 Å². The lowest BCUT2D eigenvalue weighted by Gasteiger charge is -2.29. The van der Waals surface area contributed by atoms with E-state index in [1.165, 1.54) is 16.7 Å². The lowest BCUT2D eigenvalue weighted by Crippen LogP contribution is -2.28. The summed E-state index contributed by atoms with van der Waals surface area (Å²) in [5.41, 5.74) is 7.96. The molecule has 0 N–H and O–H groups in total. The maximum Gasteiger partial charge on any atom is 0.171 e. The van der Waals surface area contributed by atoms with E-state index >= 15 is 0 Å². The predicted octanol–water partition coefficient (Wildman–Crippen LogP) is 8.60. The Kier molecular flexibility index (Phi) is 7.19. The molecule has 3 aliphatic rings. The number of rotatable bonds is 6. The maximum atomic E-state index is 14.8. The van der Waals surface area contributed by atoms with Crippen LogP contribution in [0.15, 0.2) is 91.0 Å². The molecule has 3 unspecified atom stereocenters. The number of ketones is 3. The van der Waals surface area contributed by atoms with E-state index in [-0.39, 0.29) is 35.1 Å². The first-order valence-corrected chi connectivity index (χ1v) is 15.6. The minimum Gasteiger partial charge on any atom is -0.293 e. The van der Waals surface area contributed by atoms with Gasteiger partial charge in [0.05, 0.1) is 0 Å². The van der Waals surface area contributed by atoms with Crippen molar-refractivity contribution in [3.8, 4) is 0 Å². The molecule has 210 valence electrons. The number of Topliss-reactive ketones (excluding diaryl/α,β-unsaturated/α-hetero) is 3. The summed E-state index contributed by atoms with van der Waals surface area (Å²) in [4.78, 5) is 43.8. The average Bonchev–Trinajstić information content (AvgIpc) is 3.06. The van der Waals surface area contributed by atoms with E-state index in [4.69, 9.17) is 0 Å². The average molecular weight is 553 g/mol. The molecule has 0 bridgehead atoms. The zero-order valence-corrected chi connectivity index (χ0v) is 24.0. The fourth-order valence-electron chi connectivity index (χ4n) is 7.86. The quantitative estimate of drug-likeness (QED) is 0.225. The van der Waals surface area contributed by atoms with Gasteiger partial charge in [0.2, 0.25) is 0 Å². The third-order valence-corrected chi connectivity index (χ3v) is 9.90. The first-order chi connectivity index (χ1) is 20.6. The van der Waals surface area contributed by atoms with Crippen molar-refractivity contribution in [2.45, 2.75) is 75.5 Å². The van der Waals surface area contributed by atoms with Crippen LogP contribution in [0.2, 0.25) is 0 Å². The monoisotopic (exact) mass is 552 g/mol. The number of carbonyl (C=O) groups is 3. The number of aryl methyl sites for hydroxylation is 3. The van der Waals surface area contributed by atoms with Crippen LogP contribution in [0.25, 0.3) is 0 Å². The van der Waals surface area contributed by atoms with Crippen molar-refractivity contribution in [2.75, 3.05) is 0 Å². The number of hydrogen-bond donors (Lipinski definition) is 0. The fraction of sp³-hybridized carbons (Fsp3) is 0.308. The number of carbonyl (C=O) groups excluding carboxylic acids is 3. The first-order valence-electron chi connectivity index (χ1n) is 15.6. The molecule has 0 aromatic heterocycles. The summed E-state index contributed by atoms with van der Waals surface area (Å²) in [6.07, 6.45) is 7.89. The van der Waals surface area contributed by atoms with Gasteiger partial charge in [0.25, 0.3) is 0 Å². The lowest BCUT2D eigenvalue weighted by molar-refractivity contribution is 0.0903. The standard InChI is InChI=1S/C39H36O3/c40-37(31-20-7-14-25-11-1-4-17-28(25)31)34-23-10-24-35(38(41)32-21-8-15-26-12-2-5-18-29(26)32)36(34)39(42)33-22-9-16-27-13-3-6-19-30(27)33/h1-6,10-13,17-19,23-24,31-33H,7-9,14-16,20-22H2. The summed E-state index contributed by atoms with van der Waals surface area (Å²) in [6.45, 7) is 0. The topological polar surface area (TPSA) is 51.2 Å². The van der Waals surface area contributed by atoms with Crippen molar-refractivity contribution < 1.29 is 14.4 Å². The molecular formula is C39H36O3. The third kappa shape index (κ3) is 4.65. The van der Waals surface area contributed by atoms with Crippen LogP contribution >= 0.6 is 0 Å². The first kappa shape index (κ1) is 26.8. The van der Waals surface area contributed by atoms with Gasteiger partial charge in [-0.15, -0.1) is 0 Å². The molecule has 0 radical (unpaired) electrons. The molecule has 7 rings (SSSR count). The van der Waals surface area contributed by atoms with Gasteiger partial charge in [0.15, 0.2) is 17.3 Å². The Balaban J connectivity index is 1.37. The molecule has 0 saturated heterocycles. The molecule has 3 nitrogen and oxygen atoms in total. The van der Waals surface area contributed by atoms with Crippen LogP contribution in [0.3, 0.4) is 0 Å². The minimum atomic E-state index is -0.354. The third-order valence-electron chi connectivity index (χ3n) is 9.90. The Morgan fingerprint density at radius 1 is 0.429 bits per heavy atom. The highest BCUT2D eigenvalue weighted by atomic mass is 16.1. The SMILES string of the molecule is O=C(c1cccc(C(=O)C2CCCc3ccccc32)c1C(=O)C1CCCc2ccccc21)C1CCCc2ccccc21. The van der Waals surface area contributed by atoms with Crippen molar-refractivity contribution >= 4 is 17.3 Å². The highest BCUT2D eigenvalue weighted by molar-refractivity contribution is 6.19. The van der Waals surface area contributed by atoms with Gasteiger partial charge in [0.1, 0.15) is 0 Å². The van der Waals surface area contributed by atoms with Crippen LogP contribution in [0, 0.1) is 0 Å². The van der Waals surface area contributed by atoms with Gasteiger partial charge in [-0.3, -0.25) is 14.4 Å². The van der Waals surface area contributed by atoms with Gasteiger partial charge in [-0.2, -0.15) is 0 Å². The summed E-state index contributed by atoms with van der Waals surface area (Å²) in [6, 6.07) is 30.0. The smallest absolute Gasteiger partial charge is 0.171 e. The Labute approximate surface area is 248 Å². The maximum absolute atomic E-state index is 14.8. The molecule has 42 heavy (non-hydrogen) atoms. The summed E-state index contributed by atoms with van der Waals surface area (Å²) in [5.74, 6) is -1.11. The van der Waals surface area contributed by atoms with E-state index < -0.39 is 0 Å². The summed E-state index contributed by atoms with van der Waals surface area (Å²) < 4.78 is 0. The molecule has 0 amide bonds. The zero-order chi connectivity index (χ0) is 28.6. The molecule has 4 aromatic rings. The Morgan fingerprint density at radius 3 is 1.19 bits per heavy atom. The normalized spacial score (nSPS) is 21.0. The summed E-state index contributed by atoms with van der Waals surface area (Å²) in [7, 11) is 0. The summed E-state index contributed by atoms with van der Waals surface area (Å²) in [5, 5.41) is 0. The Morgan fingerprint density at radius 2 is 0.786 bits per heavy atom. The number of hydrogen-bond acceptors (Lipinski definition) is 3. The number of benzene rings is 4. The molecule has 4 aromatic carbocycles. The van der Waals surface area contributed by atoms with Crippen LogP contribution in [-0.2, 0) is 19.3 Å². The van der Waals surface area contributed by atoms with Gasteiger partial charge < -0.3 is 0 Å². The lowest BCUT2D eigenvalue weighted by atomic mass is 9.72. The molecular weight excluding hydrogens is 516 g/mol. The van der Waals surface area contributed by atoms with Gasteiger partial charge in [-0.05, 0) is 91.2 Å². The van der Waals surface area contributed by atoms with Crippen LogP contribution in [0.1, 0.15) is 121 Å². The molecule has 3 heteroatoms. The summed E-state index contributed by atoms with van der Waals surface area (Å²) >= 11 is 0. The van der Waals surface area contributed by atoms with Gasteiger partial charge in [-0.1, -0.05) is 91.0 Å². The van der Waals surface area contributed by atoms with Crippen molar-refractivity contribution in [3.05, 3.63) is 141 Å². The van der Waals surface area contributed by atoms with E-state index in [2.05, 4.69) is 36.4 Å². The van der Waals surface area contributed by atoms with E-state index in [0.717, 1.165) is 74.5 Å². The molecule has 3 atom stereocenters. The van der Waals surface area contributed by atoms with E-state index in [1.807, 2.05) is 42.5 Å². The van der Waals surface area contributed by atoms with E-state index in [1.54, 1.807) is 12.1 Å². The Hall–Kier alpha value is -4.11. The minimum absolute atomic E-state index is 0.0340. The second kappa shape index (κ2) is 11.3. The van der Waals surface area contributed by atoms with Crippen molar-refractivity contribution in [3.63, 3.8) is 0 Å². The molecule has 0 saturated carbocycles.